The molecule has 0 unspecified atom stereocenters. The largest absolute Gasteiger partial charge is 0.457 e. The summed E-state index contributed by atoms with van der Waals surface area (Å²) in [5, 5.41) is 0. The van der Waals surface area contributed by atoms with Crippen LogP contribution in [0.1, 0.15) is 5.56 Å². The highest BCUT2D eigenvalue weighted by molar-refractivity contribution is 5.46. The second kappa shape index (κ2) is 6.20. The summed E-state index contributed by atoms with van der Waals surface area (Å²) in [6.07, 6.45) is 0.851. The number of nitrogens with two attached hydrogens (primary N) is 1. The zero-order valence-corrected chi connectivity index (χ0v) is 10.7. The van der Waals surface area contributed by atoms with Crippen molar-refractivity contribution in [1.29, 1.82) is 0 Å². The highest BCUT2D eigenvalue weighted by atomic mass is 19.1. The maximum absolute atomic E-state index is 13.2. The molecule has 2 aromatic carbocycles. The Morgan fingerprint density at radius 1 is 1.05 bits per heavy atom. The molecule has 2 N–H and O–H groups in total. The first-order valence-electron chi connectivity index (χ1n) is 5.99. The number of benzene rings is 2. The number of halogens is 1. The van der Waals surface area contributed by atoms with Gasteiger partial charge in [0.15, 0.2) is 0 Å². The van der Waals surface area contributed by atoms with Gasteiger partial charge in [-0.2, -0.15) is 0 Å². The Morgan fingerprint density at radius 3 is 2.42 bits per heavy atom. The molecule has 4 heteroatoms. The average Bonchev–Trinajstić information content (AvgIpc) is 2.37. The molecule has 0 fully saturated rings. The van der Waals surface area contributed by atoms with Crippen LogP contribution in [-0.4, -0.2) is 13.7 Å². The van der Waals surface area contributed by atoms with E-state index in [1.165, 1.54) is 12.1 Å². The first-order chi connectivity index (χ1) is 9.17. The third kappa shape index (κ3) is 3.96. The van der Waals surface area contributed by atoms with E-state index in [2.05, 4.69) is 0 Å². The lowest BCUT2D eigenvalue weighted by atomic mass is 10.1. The fourth-order valence-corrected chi connectivity index (χ4v) is 1.72. The Morgan fingerprint density at radius 2 is 1.79 bits per heavy atom. The monoisotopic (exact) mass is 261 g/mol. The van der Waals surface area contributed by atoms with Crippen LogP contribution in [-0.2, 0) is 11.2 Å². The van der Waals surface area contributed by atoms with Crippen LogP contribution in [0.3, 0.4) is 0 Å². The van der Waals surface area contributed by atoms with Crippen LogP contribution in [0.15, 0.2) is 42.5 Å². The van der Waals surface area contributed by atoms with E-state index in [0.717, 1.165) is 12.0 Å². The van der Waals surface area contributed by atoms with Crippen LogP contribution in [0.5, 0.6) is 11.5 Å². The first kappa shape index (κ1) is 13.4. The molecule has 0 spiro atoms. The minimum Gasteiger partial charge on any atom is -0.457 e. The van der Waals surface area contributed by atoms with Gasteiger partial charge in [0.25, 0.3) is 0 Å². The van der Waals surface area contributed by atoms with E-state index in [1.54, 1.807) is 13.2 Å². The third-order valence-electron chi connectivity index (χ3n) is 2.65. The zero-order chi connectivity index (χ0) is 13.7. The molecule has 0 aliphatic heterocycles. The number of rotatable bonds is 5. The average molecular weight is 261 g/mol. The van der Waals surface area contributed by atoms with Crippen molar-refractivity contribution in [1.82, 2.24) is 0 Å². The summed E-state index contributed by atoms with van der Waals surface area (Å²) in [6, 6.07) is 11.7. The highest BCUT2D eigenvalue weighted by Gasteiger charge is 2.02. The van der Waals surface area contributed by atoms with E-state index in [9.17, 15) is 4.39 Å². The number of hydrogen-bond acceptors (Lipinski definition) is 3. The lowest BCUT2D eigenvalue weighted by Gasteiger charge is -2.07. The lowest BCUT2D eigenvalue weighted by Crippen LogP contribution is -1.94. The molecule has 0 amide bonds. The lowest BCUT2D eigenvalue weighted by molar-refractivity contribution is 0.202. The number of ether oxygens (including phenoxy) is 2. The van der Waals surface area contributed by atoms with Gasteiger partial charge in [-0.25, -0.2) is 4.39 Å². The van der Waals surface area contributed by atoms with Crippen molar-refractivity contribution in [2.75, 3.05) is 19.5 Å². The molecule has 0 heterocycles. The van der Waals surface area contributed by atoms with Gasteiger partial charge in [-0.15, -0.1) is 0 Å². The van der Waals surface area contributed by atoms with Gasteiger partial charge in [0, 0.05) is 24.9 Å². The molecule has 0 aliphatic carbocycles. The van der Waals surface area contributed by atoms with Crippen molar-refractivity contribution >= 4 is 5.69 Å². The summed E-state index contributed by atoms with van der Waals surface area (Å²) in [7, 11) is 1.67. The normalized spacial score (nSPS) is 10.4. The Labute approximate surface area is 111 Å². The molecule has 2 rings (SSSR count). The van der Waals surface area contributed by atoms with Crippen LogP contribution in [0.2, 0.25) is 0 Å². The van der Waals surface area contributed by atoms with Gasteiger partial charge >= 0.3 is 0 Å². The van der Waals surface area contributed by atoms with E-state index in [1.807, 2.05) is 24.3 Å². The number of hydrogen-bond donors (Lipinski definition) is 1. The predicted molar refractivity (Wildman–Crippen MR) is 72.9 cm³/mol. The van der Waals surface area contributed by atoms with Gasteiger partial charge in [0.2, 0.25) is 0 Å². The summed E-state index contributed by atoms with van der Waals surface area (Å²) in [5.74, 6) is 0.625. The second-order valence-corrected chi connectivity index (χ2v) is 4.21. The fraction of sp³-hybridized carbons (Fsp3) is 0.200. The van der Waals surface area contributed by atoms with Crippen LogP contribution in [0, 0.1) is 5.82 Å². The van der Waals surface area contributed by atoms with E-state index in [0.29, 0.717) is 23.8 Å². The molecular weight excluding hydrogens is 245 g/mol. The smallest absolute Gasteiger partial charge is 0.132 e. The van der Waals surface area contributed by atoms with Crippen LogP contribution < -0.4 is 10.5 Å². The molecule has 19 heavy (non-hydrogen) atoms. The summed E-state index contributed by atoms with van der Waals surface area (Å²) in [6.45, 7) is 0.681. The van der Waals surface area contributed by atoms with Crippen molar-refractivity contribution in [3.05, 3.63) is 53.8 Å². The zero-order valence-electron chi connectivity index (χ0n) is 10.7. The minimum absolute atomic E-state index is 0.340. The Hall–Kier alpha value is -2.07. The molecule has 3 nitrogen and oxygen atoms in total. The van der Waals surface area contributed by atoms with E-state index in [-0.39, 0.29) is 0 Å². The molecule has 0 aliphatic rings. The molecule has 0 saturated carbocycles. The van der Waals surface area contributed by atoms with Crippen LogP contribution in [0.4, 0.5) is 10.1 Å². The van der Waals surface area contributed by atoms with Crippen molar-refractivity contribution in [2.45, 2.75) is 6.42 Å². The van der Waals surface area contributed by atoms with Crippen LogP contribution >= 0.6 is 0 Å². The topological polar surface area (TPSA) is 44.5 Å². The summed E-state index contributed by atoms with van der Waals surface area (Å²) >= 11 is 0. The SMILES string of the molecule is COCCc1ccc(Oc2cc(N)cc(F)c2)cc1. The maximum atomic E-state index is 13.2. The maximum Gasteiger partial charge on any atom is 0.132 e. The number of methoxy groups -OCH3 is 1. The Kier molecular flexibility index (Phi) is 4.36. The third-order valence-corrected chi connectivity index (χ3v) is 2.65. The summed E-state index contributed by atoms with van der Waals surface area (Å²) < 4.78 is 23.7. The molecule has 2 aromatic rings. The molecule has 0 atom stereocenters. The molecule has 100 valence electrons. The van der Waals surface area contributed by atoms with Gasteiger partial charge < -0.3 is 15.2 Å². The Bertz CT molecular complexity index is 520. The van der Waals surface area contributed by atoms with Gasteiger partial charge in [-0.1, -0.05) is 12.1 Å². The summed E-state index contributed by atoms with van der Waals surface area (Å²) in [5.41, 5.74) is 7.06. The van der Waals surface area contributed by atoms with E-state index < -0.39 is 5.82 Å². The van der Waals surface area contributed by atoms with Crippen LogP contribution in [0.25, 0.3) is 0 Å². The molecule has 0 aromatic heterocycles. The first-order valence-corrected chi connectivity index (χ1v) is 5.99. The minimum atomic E-state index is -0.410. The molecule has 0 saturated heterocycles. The molecular formula is C15H16FNO2. The highest BCUT2D eigenvalue weighted by Crippen LogP contribution is 2.24. The molecule has 0 radical (unpaired) electrons. The van der Waals surface area contributed by atoms with Crippen molar-refractivity contribution in [3.8, 4) is 11.5 Å². The van der Waals surface area contributed by atoms with E-state index in [4.69, 9.17) is 15.2 Å². The van der Waals surface area contributed by atoms with Gasteiger partial charge in [0.1, 0.15) is 17.3 Å². The van der Waals surface area contributed by atoms with Crippen molar-refractivity contribution < 1.29 is 13.9 Å². The van der Waals surface area contributed by atoms with Gasteiger partial charge in [-0.3, -0.25) is 0 Å². The fourth-order valence-electron chi connectivity index (χ4n) is 1.72. The van der Waals surface area contributed by atoms with Gasteiger partial charge in [0.05, 0.1) is 6.61 Å². The van der Waals surface area contributed by atoms with E-state index >= 15 is 0 Å². The quantitative estimate of drug-likeness (QED) is 0.839. The Balaban J connectivity index is 2.06. The predicted octanol–water partition coefficient (Wildman–Crippen LogP) is 3.39. The molecule has 0 bridgehead atoms. The van der Waals surface area contributed by atoms with Gasteiger partial charge in [-0.05, 0) is 30.2 Å². The van der Waals surface area contributed by atoms with Crippen molar-refractivity contribution in [3.63, 3.8) is 0 Å². The number of nitrogen functional groups attached to an aromatic ring is 1. The second-order valence-electron chi connectivity index (χ2n) is 4.21. The summed E-state index contributed by atoms with van der Waals surface area (Å²) in [4.78, 5) is 0. The van der Waals surface area contributed by atoms with Crippen molar-refractivity contribution in [2.24, 2.45) is 0 Å². The number of anilines is 1. The standard InChI is InChI=1S/C15H16FNO2/c1-18-7-6-11-2-4-14(5-3-11)19-15-9-12(16)8-13(17)10-15/h2-5,8-10H,6-7,17H2,1H3.